The molecule has 3 aliphatic heterocycles. The van der Waals surface area contributed by atoms with Crippen LogP contribution in [-0.4, -0.2) is 52.6 Å². The summed E-state index contributed by atoms with van der Waals surface area (Å²) < 4.78 is 34.0. The molecular weight excluding hydrogens is 326 g/mol. The highest BCUT2D eigenvalue weighted by atomic mass is 32.2. The number of piperidine rings is 1. The molecule has 0 unspecified atom stereocenters. The summed E-state index contributed by atoms with van der Waals surface area (Å²) in [5, 5.41) is 0. The Kier molecular flexibility index (Phi) is 4.53. The second-order valence-corrected chi connectivity index (χ2v) is 9.33. The van der Waals surface area contributed by atoms with Gasteiger partial charge in [-0.2, -0.15) is 12.7 Å². The van der Waals surface area contributed by atoms with E-state index in [1.807, 2.05) is 12.1 Å². The first-order valence-electron chi connectivity index (χ1n) is 8.36. The Bertz CT molecular complexity index is 688. The summed E-state index contributed by atoms with van der Waals surface area (Å²) in [6.07, 6.45) is 1.04. The summed E-state index contributed by atoms with van der Waals surface area (Å²) in [5.41, 5.74) is 1.18. The minimum Gasteiger partial charge on any atom is -0.497 e. The maximum absolute atomic E-state index is 12.3. The van der Waals surface area contributed by atoms with Gasteiger partial charge in [0.2, 0.25) is 0 Å². The van der Waals surface area contributed by atoms with Crippen molar-refractivity contribution >= 4 is 15.9 Å². The molecule has 3 aliphatic rings. The van der Waals surface area contributed by atoms with E-state index in [0.29, 0.717) is 19.0 Å². The SMILES string of the molecule is CNS(=O)(=O)N1C[C@@H]2CN(c3ccc(OC)cc3)[C@H](C1)C(C)(C)C2. The summed E-state index contributed by atoms with van der Waals surface area (Å²) in [4.78, 5) is 2.37. The van der Waals surface area contributed by atoms with Gasteiger partial charge >= 0.3 is 0 Å². The van der Waals surface area contributed by atoms with E-state index in [9.17, 15) is 8.42 Å². The fourth-order valence-corrected chi connectivity index (χ4v) is 5.18. The standard InChI is InChI=1S/C17H27N3O3S/c1-17(2)9-13-10-19(24(21,22)18-3)12-16(17)20(11-13)14-5-7-15(23-4)8-6-14/h5-8,13,16,18H,9-12H2,1-4H3/t13-,16-/m1/s1. The number of nitrogens with one attached hydrogen (secondary N) is 1. The Balaban J connectivity index is 1.95. The van der Waals surface area contributed by atoms with Crippen molar-refractivity contribution < 1.29 is 13.2 Å². The van der Waals surface area contributed by atoms with E-state index in [1.165, 1.54) is 7.05 Å². The molecule has 0 aromatic heterocycles. The maximum atomic E-state index is 12.3. The smallest absolute Gasteiger partial charge is 0.279 e. The lowest BCUT2D eigenvalue weighted by atomic mass is 9.73. The normalized spacial score (nSPS) is 27.1. The second-order valence-electron chi connectivity index (χ2n) is 7.45. The Morgan fingerprint density at radius 2 is 1.83 bits per heavy atom. The van der Waals surface area contributed by atoms with Crippen LogP contribution in [0.4, 0.5) is 5.69 Å². The van der Waals surface area contributed by atoms with Crippen LogP contribution in [0.2, 0.25) is 0 Å². The fourth-order valence-electron chi connectivity index (χ4n) is 4.18. The van der Waals surface area contributed by atoms with E-state index < -0.39 is 10.2 Å². The molecule has 1 aromatic carbocycles. The summed E-state index contributed by atoms with van der Waals surface area (Å²) >= 11 is 0. The van der Waals surface area contributed by atoms with Crippen LogP contribution in [0.1, 0.15) is 20.3 Å². The van der Waals surface area contributed by atoms with Gasteiger partial charge < -0.3 is 9.64 Å². The summed E-state index contributed by atoms with van der Waals surface area (Å²) in [6, 6.07) is 8.19. The predicted molar refractivity (Wildman–Crippen MR) is 95.6 cm³/mol. The minimum absolute atomic E-state index is 0.0564. The highest BCUT2D eigenvalue weighted by Gasteiger charge is 2.47. The molecule has 1 aromatic rings. The number of fused-ring (bicyclic) bond motifs is 4. The van der Waals surface area contributed by atoms with Crippen molar-refractivity contribution in [2.24, 2.45) is 11.3 Å². The monoisotopic (exact) mass is 353 g/mol. The number of methoxy groups -OCH3 is 1. The van der Waals surface area contributed by atoms with Crippen LogP contribution in [0.25, 0.3) is 0 Å². The minimum atomic E-state index is -3.40. The van der Waals surface area contributed by atoms with Gasteiger partial charge in [-0.05, 0) is 42.0 Å². The number of anilines is 1. The maximum Gasteiger partial charge on any atom is 0.279 e. The molecule has 1 N–H and O–H groups in total. The number of benzene rings is 1. The van der Waals surface area contributed by atoms with E-state index >= 15 is 0 Å². The molecule has 2 bridgehead atoms. The molecule has 0 radical (unpaired) electrons. The first kappa shape index (κ1) is 17.5. The molecule has 0 spiro atoms. The van der Waals surface area contributed by atoms with Crippen LogP contribution >= 0.6 is 0 Å². The van der Waals surface area contributed by atoms with Gasteiger partial charge in [-0.1, -0.05) is 13.8 Å². The van der Waals surface area contributed by atoms with Crippen molar-refractivity contribution in [1.29, 1.82) is 0 Å². The first-order valence-corrected chi connectivity index (χ1v) is 9.80. The van der Waals surface area contributed by atoms with E-state index in [1.54, 1.807) is 11.4 Å². The summed E-state index contributed by atoms with van der Waals surface area (Å²) in [5.74, 6) is 1.15. The molecular formula is C17H27N3O3S. The van der Waals surface area contributed by atoms with Crippen LogP contribution in [0.5, 0.6) is 5.75 Å². The summed E-state index contributed by atoms with van der Waals surface area (Å²) in [6.45, 7) is 6.47. The molecule has 2 atom stereocenters. The number of hydrogen-bond donors (Lipinski definition) is 1. The van der Waals surface area contributed by atoms with E-state index in [0.717, 1.165) is 24.4 Å². The van der Waals surface area contributed by atoms with Crippen LogP contribution in [0, 0.1) is 11.3 Å². The first-order chi connectivity index (χ1) is 11.3. The van der Waals surface area contributed by atoms with Crippen LogP contribution in [-0.2, 0) is 10.2 Å². The van der Waals surface area contributed by atoms with Gasteiger partial charge in [-0.25, -0.2) is 4.72 Å². The van der Waals surface area contributed by atoms with Crippen LogP contribution in [0.15, 0.2) is 24.3 Å². The van der Waals surface area contributed by atoms with Gasteiger partial charge in [0.15, 0.2) is 0 Å². The van der Waals surface area contributed by atoms with E-state index in [2.05, 4.69) is 35.6 Å². The zero-order valence-electron chi connectivity index (χ0n) is 14.8. The Labute approximate surface area is 145 Å². The quantitative estimate of drug-likeness (QED) is 0.895. The van der Waals surface area contributed by atoms with Gasteiger partial charge in [0.1, 0.15) is 5.75 Å². The van der Waals surface area contributed by atoms with Crippen molar-refractivity contribution in [3.05, 3.63) is 24.3 Å². The topological polar surface area (TPSA) is 61.9 Å². The van der Waals surface area contributed by atoms with Crippen molar-refractivity contribution in [3.8, 4) is 5.75 Å². The summed E-state index contributed by atoms with van der Waals surface area (Å²) in [7, 11) is -0.260. The van der Waals surface area contributed by atoms with Crippen LogP contribution in [0.3, 0.4) is 0 Å². The zero-order chi connectivity index (χ0) is 17.5. The molecule has 24 heavy (non-hydrogen) atoms. The average molecular weight is 353 g/mol. The molecule has 3 fully saturated rings. The number of hydrogen-bond acceptors (Lipinski definition) is 4. The lowest BCUT2D eigenvalue weighted by Crippen LogP contribution is -2.54. The molecule has 0 amide bonds. The van der Waals surface area contributed by atoms with Gasteiger partial charge in [0, 0.05) is 38.4 Å². The largest absolute Gasteiger partial charge is 0.497 e. The number of nitrogens with zero attached hydrogens (tertiary/aromatic N) is 2. The highest BCUT2D eigenvalue weighted by molar-refractivity contribution is 7.87. The zero-order valence-corrected chi connectivity index (χ0v) is 15.6. The molecule has 6 nitrogen and oxygen atoms in total. The highest BCUT2D eigenvalue weighted by Crippen LogP contribution is 2.43. The third-order valence-corrected chi connectivity index (χ3v) is 6.88. The van der Waals surface area contributed by atoms with Gasteiger partial charge in [0.25, 0.3) is 10.2 Å². The second kappa shape index (κ2) is 6.20. The van der Waals surface area contributed by atoms with Crippen LogP contribution < -0.4 is 14.4 Å². The third-order valence-electron chi connectivity index (χ3n) is 5.39. The number of rotatable bonds is 4. The molecule has 4 rings (SSSR count). The number of ether oxygens (including phenoxy) is 1. The Morgan fingerprint density at radius 1 is 1.17 bits per heavy atom. The Morgan fingerprint density at radius 3 is 2.42 bits per heavy atom. The van der Waals surface area contributed by atoms with Crippen molar-refractivity contribution in [2.45, 2.75) is 26.3 Å². The van der Waals surface area contributed by atoms with E-state index in [4.69, 9.17) is 4.74 Å². The molecule has 0 aliphatic carbocycles. The molecule has 3 heterocycles. The molecule has 7 heteroatoms. The average Bonchev–Trinajstić information content (AvgIpc) is 2.82. The van der Waals surface area contributed by atoms with Gasteiger partial charge in [0.05, 0.1) is 7.11 Å². The predicted octanol–water partition coefficient (Wildman–Crippen LogP) is 1.70. The van der Waals surface area contributed by atoms with Crippen molar-refractivity contribution in [3.63, 3.8) is 0 Å². The van der Waals surface area contributed by atoms with Crippen molar-refractivity contribution in [1.82, 2.24) is 9.03 Å². The third kappa shape index (κ3) is 3.12. The lowest BCUT2D eigenvalue weighted by molar-refractivity contribution is 0.192. The van der Waals surface area contributed by atoms with Gasteiger partial charge in [-0.15, -0.1) is 0 Å². The molecule has 0 saturated carbocycles. The fraction of sp³-hybridized carbons (Fsp3) is 0.647. The van der Waals surface area contributed by atoms with Crippen molar-refractivity contribution in [2.75, 3.05) is 38.7 Å². The lowest BCUT2D eigenvalue weighted by Gasteiger charge is -2.48. The Hall–Kier alpha value is -1.31. The molecule has 3 saturated heterocycles. The van der Waals surface area contributed by atoms with E-state index in [-0.39, 0.29) is 11.5 Å². The molecule has 134 valence electrons. The van der Waals surface area contributed by atoms with Gasteiger partial charge in [-0.3, -0.25) is 0 Å².